The van der Waals surface area contributed by atoms with E-state index in [2.05, 4.69) is 26.5 Å². The molecular weight excluding hydrogens is 125 g/mol. The van der Waals surface area contributed by atoms with Gasteiger partial charge < -0.3 is 0 Å². The average Bonchev–Trinajstić information content (AvgIpc) is 1.97. The second-order valence-electron chi connectivity index (χ2n) is 2.67. The molecule has 0 aromatic heterocycles. The molecule has 0 bridgehead atoms. The fraction of sp³-hybridized carbons (Fsp3) is 1.00. The average molecular weight is 141 g/mol. The van der Waals surface area contributed by atoms with E-state index >= 15 is 0 Å². The number of rotatable bonds is 6. The summed E-state index contributed by atoms with van der Waals surface area (Å²) in [5.74, 6) is 0.616. The van der Waals surface area contributed by atoms with E-state index in [0.29, 0.717) is 12.5 Å². The topological polar surface area (TPSA) is 21.6 Å². The van der Waals surface area contributed by atoms with E-state index in [1.165, 1.54) is 19.3 Å². The predicted octanol–water partition coefficient (Wildman–Crippen LogP) is 1.83. The van der Waals surface area contributed by atoms with E-state index in [-0.39, 0.29) is 0 Å². The molecule has 0 spiro atoms. The minimum absolute atomic E-state index is 0.616. The van der Waals surface area contributed by atoms with E-state index in [0.717, 1.165) is 0 Å². The van der Waals surface area contributed by atoms with Crippen molar-refractivity contribution < 1.29 is 4.84 Å². The first-order valence-corrected chi connectivity index (χ1v) is 3.89. The van der Waals surface area contributed by atoms with Crippen molar-refractivity contribution in [2.75, 3.05) is 6.61 Å². The summed E-state index contributed by atoms with van der Waals surface area (Å²) in [6.45, 7) is 5.07. The van der Waals surface area contributed by atoms with Crippen LogP contribution >= 0.6 is 0 Å². The van der Waals surface area contributed by atoms with Crippen LogP contribution in [0, 0.1) is 5.92 Å². The van der Waals surface area contributed by atoms with Gasteiger partial charge >= 0.3 is 63.2 Å². The fourth-order valence-corrected chi connectivity index (χ4v) is 0.816. The summed E-state index contributed by atoms with van der Waals surface area (Å²) in [5.41, 5.74) is 0. The molecule has 0 aromatic carbocycles. The van der Waals surface area contributed by atoms with Gasteiger partial charge in [-0.25, -0.2) is 0 Å². The maximum atomic E-state index is 4.81. The molecule has 0 aliphatic rings. The van der Waals surface area contributed by atoms with Gasteiger partial charge in [0.15, 0.2) is 0 Å². The van der Waals surface area contributed by atoms with Crippen LogP contribution in [0.5, 0.6) is 0 Å². The predicted molar refractivity (Wildman–Crippen MR) is 44.2 cm³/mol. The van der Waals surface area contributed by atoms with Crippen LogP contribution < -0.4 is 0 Å². The molecule has 0 N–H and O–H groups in total. The Kier molecular flexibility index (Phi) is 6.55. The normalized spacial score (nSPS) is 12.5. The van der Waals surface area contributed by atoms with Gasteiger partial charge in [-0.15, -0.1) is 0 Å². The van der Waals surface area contributed by atoms with Crippen LogP contribution in [0.1, 0.15) is 33.1 Å². The van der Waals surface area contributed by atoms with E-state index < -0.39 is 0 Å². The van der Waals surface area contributed by atoms with Crippen LogP contribution in [0.2, 0.25) is 0 Å². The van der Waals surface area contributed by atoms with Crippen molar-refractivity contribution in [3.8, 4) is 0 Å². The van der Waals surface area contributed by atoms with Crippen LogP contribution in [0.15, 0.2) is 5.06 Å². The molecule has 0 saturated carbocycles. The van der Waals surface area contributed by atoms with Crippen molar-refractivity contribution in [2.45, 2.75) is 33.1 Å². The summed E-state index contributed by atoms with van der Waals surface area (Å²) in [5, 5.41) is 3.33. The zero-order valence-corrected chi connectivity index (χ0v) is 6.97. The van der Waals surface area contributed by atoms with Crippen molar-refractivity contribution in [3.05, 3.63) is 0 Å². The van der Waals surface area contributed by atoms with Crippen LogP contribution in [-0.2, 0) is 4.84 Å². The van der Waals surface area contributed by atoms with Crippen LogP contribution in [0.25, 0.3) is 0 Å². The van der Waals surface area contributed by atoms with Crippen LogP contribution in [-0.4, -0.2) is 14.2 Å². The van der Waals surface area contributed by atoms with Gasteiger partial charge in [0.25, 0.3) is 0 Å². The quantitative estimate of drug-likeness (QED) is 0.408. The monoisotopic (exact) mass is 141 g/mol. The molecule has 1 atom stereocenters. The molecule has 0 aromatic rings. The van der Waals surface area contributed by atoms with Gasteiger partial charge in [-0.1, -0.05) is 0 Å². The van der Waals surface area contributed by atoms with E-state index in [1.54, 1.807) is 0 Å². The molecule has 2 nitrogen and oxygen atoms in total. The van der Waals surface area contributed by atoms with Gasteiger partial charge in [0.2, 0.25) is 0 Å². The Labute approximate surface area is 64.0 Å². The van der Waals surface area contributed by atoms with Gasteiger partial charge in [-0.2, -0.15) is 0 Å². The SMILES string of the molecule is B=NOCC(C)CCCC. The summed E-state index contributed by atoms with van der Waals surface area (Å²) < 4.78 is 0. The van der Waals surface area contributed by atoms with Crippen molar-refractivity contribution in [2.24, 2.45) is 11.0 Å². The fourth-order valence-electron chi connectivity index (χ4n) is 0.816. The van der Waals surface area contributed by atoms with E-state index in [1.807, 2.05) is 0 Å². The first-order valence-electron chi connectivity index (χ1n) is 3.89. The standard InChI is InChI=1S/C7H16BNO/c1-3-4-5-7(2)6-10-9-8/h7-8H,3-6H2,1-2H3. The summed E-state index contributed by atoms with van der Waals surface area (Å²) in [6.07, 6.45) is 3.76. The zero-order valence-electron chi connectivity index (χ0n) is 6.97. The van der Waals surface area contributed by atoms with Gasteiger partial charge in [-0.05, 0) is 0 Å². The van der Waals surface area contributed by atoms with Crippen molar-refractivity contribution >= 4 is 7.64 Å². The van der Waals surface area contributed by atoms with E-state index in [4.69, 9.17) is 4.84 Å². The van der Waals surface area contributed by atoms with E-state index in [9.17, 15) is 0 Å². The molecule has 0 aliphatic heterocycles. The van der Waals surface area contributed by atoms with Gasteiger partial charge in [0.1, 0.15) is 0 Å². The Morgan fingerprint density at radius 2 is 2.30 bits per heavy atom. The second-order valence-corrected chi connectivity index (χ2v) is 2.67. The summed E-state index contributed by atoms with van der Waals surface area (Å²) in [7, 11) is 3.24. The molecule has 3 heteroatoms. The maximum absolute atomic E-state index is 4.81. The Bertz CT molecular complexity index is 87.7. The number of unbranched alkanes of at least 4 members (excludes halogenated alkanes) is 1. The molecule has 0 saturated heterocycles. The first kappa shape index (κ1) is 9.66. The Hall–Kier alpha value is -0.335. The Balaban J connectivity index is 3.07. The Morgan fingerprint density at radius 3 is 2.80 bits per heavy atom. The second kappa shape index (κ2) is 6.78. The third kappa shape index (κ3) is 5.80. The third-order valence-corrected chi connectivity index (χ3v) is 1.50. The Morgan fingerprint density at radius 1 is 1.60 bits per heavy atom. The molecule has 10 heavy (non-hydrogen) atoms. The minimum atomic E-state index is 0.616. The molecular formula is C7H16BNO. The number of hydrogen-bond acceptors (Lipinski definition) is 2. The van der Waals surface area contributed by atoms with Gasteiger partial charge in [0.05, 0.1) is 0 Å². The number of nitrogens with zero attached hydrogens (tertiary/aromatic N) is 1. The summed E-state index contributed by atoms with van der Waals surface area (Å²) in [4.78, 5) is 4.81. The molecule has 0 rings (SSSR count). The molecule has 58 valence electrons. The van der Waals surface area contributed by atoms with Crippen molar-refractivity contribution in [1.29, 1.82) is 0 Å². The van der Waals surface area contributed by atoms with Crippen molar-refractivity contribution in [3.63, 3.8) is 0 Å². The molecule has 0 aliphatic carbocycles. The molecule has 1 unspecified atom stereocenters. The summed E-state index contributed by atoms with van der Waals surface area (Å²) >= 11 is 0. The van der Waals surface area contributed by atoms with Crippen LogP contribution in [0.3, 0.4) is 0 Å². The van der Waals surface area contributed by atoms with Gasteiger partial charge in [-0.3, -0.25) is 0 Å². The molecule has 0 radical (unpaired) electrons. The number of hydrogen-bond donors (Lipinski definition) is 0. The zero-order chi connectivity index (χ0) is 7.82. The van der Waals surface area contributed by atoms with Crippen molar-refractivity contribution in [1.82, 2.24) is 0 Å². The van der Waals surface area contributed by atoms with Crippen LogP contribution in [0.4, 0.5) is 0 Å². The molecule has 0 amide bonds. The first-order chi connectivity index (χ1) is 4.81. The molecule has 0 fully saturated rings. The molecule has 0 heterocycles. The summed E-state index contributed by atoms with van der Waals surface area (Å²) in [6, 6.07) is 0. The van der Waals surface area contributed by atoms with Gasteiger partial charge in [0, 0.05) is 0 Å². The third-order valence-electron chi connectivity index (χ3n) is 1.50.